The Kier molecular flexibility index (Phi) is 1.93. The maximum absolute atomic E-state index is 5.79. The Morgan fingerprint density at radius 2 is 2.19 bits per heavy atom. The van der Waals surface area contributed by atoms with Crippen LogP contribution in [0.1, 0.15) is 44.9 Å². The summed E-state index contributed by atoms with van der Waals surface area (Å²) in [4.78, 5) is 0. The van der Waals surface area contributed by atoms with Crippen molar-refractivity contribution >= 4 is 0 Å². The Labute approximate surface area is 97.5 Å². The maximum atomic E-state index is 5.79. The third-order valence-electron chi connectivity index (χ3n) is 5.35. The fourth-order valence-electron chi connectivity index (χ4n) is 3.69. The van der Waals surface area contributed by atoms with Crippen LogP contribution in [0.4, 0.5) is 0 Å². The molecule has 0 amide bonds. The molecule has 0 saturated carbocycles. The van der Waals surface area contributed by atoms with Gasteiger partial charge in [0.1, 0.15) is 5.76 Å². The smallest absolute Gasteiger partial charge is 0.117 e. The zero-order chi connectivity index (χ0) is 11.4. The number of aryl methyl sites for hydroxylation is 1. The predicted molar refractivity (Wildman–Crippen MR) is 65.4 cm³/mol. The topological polar surface area (TPSA) is 13.1 Å². The highest BCUT2D eigenvalue weighted by molar-refractivity contribution is 5.38. The van der Waals surface area contributed by atoms with E-state index in [1.165, 1.54) is 30.6 Å². The number of hydrogen-bond acceptors (Lipinski definition) is 1. The van der Waals surface area contributed by atoms with Gasteiger partial charge >= 0.3 is 0 Å². The molecule has 2 aliphatic rings. The van der Waals surface area contributed by atoms with Gasteiger partial charge in [-0.1, -0.05) is 26.0 Å². The van der Waals surface area contributed by atoms with Crippen molar-refractivity contribution < 1.29 is 4.42 Å². The SMILES string of the molecule is CC1CC=CC2(C)c3occc3CCC12C. The van der Waals surface area contributed by atoms with Crippen LogP contribution in [0, 0.1) is 11.3 Å². The highest BCUT2D eigenvalue weighted by Gasteiger charge is 2.53. The molecule has 2 aliphatic carbocycles. The molecule has 0 bridgehead atoms. The summed E-state index contributed by atoms with van der Waals surface area (Å²) >= 11 is 0. The highest BCUT2D eigenvalue weighted by atomic mass is 16.3. The van der Waals surface area contributed by atoms with E-state index < -0.39 is 0 Å². The molecule has 0 N–H and O–H groups in total. The van der Waals surface area contributed by atoms with Crippen LogP contribution in [-0.4, -0.2) is 0 Å². The summed E-state index contributed by atoms with van der Waals surface area (Å²) in [7, 11) is 0. The quantitative estimate of drug-likeness (QED) is 0.595. The third-order valence-corrected chi connectivity index (χ3v) is 5.35. The van der Waals surface area contributed by atoms with Gasteiger partial charge in [0.05, 0.1) is 6.26 Å². The summed E-state index contributed by atoms with van der Waals surface area (Å²) in [5.74, 6) is 1.95. The molecule has 1 heterocycles. The van der Waals surface area contributed by atoms with Gasteiger partial charge < -0.3 is 4.42 Å². The molecule has 3 rings (SSSR count). The van der Waals surface area contributed by atoms with Crippen molar-refractivity contribution in [3.63, 3.8) is 0 Å². The molecule has 86 valence electrons. The summed E-state index contributed by atoms with van der Waals surface area (Å²) in [5.41, 5.74) is 1.87. The van der Waals surface area contributed by atoms with Gasteiger partial charge in [0.2, 0.25) is 0 Å². The Balaban J connectivity index is 2.22. The van der Waals surface area contributed by atoms with Gasteiger partial charge in [-0.15, -0.1) is 0 Å². The molecule has 3 unspecified atom stereocenters. The van der Waals surface area contributed by atoms with Crippen LogP contribution in [-0.2, 0) is 11.8 Å². The molecular weight excluding hydrogens is 196 g/mol. The molecular formula is C15H20O. The lowest BCUT2D eigenvalue weighted by molar-refractivity contribution is 0.0623. The second-order valence-electron chi connectivity index (χ2n) is 5.93. The van der Waals surface area contributed by atoms with Crippen molar-refractivity contribution in [2.24, 2.45) is 11.3 Å². The number of fused-ring (bicyclic) bond motifs is 3. The van der Waals surface area contributed by atoms with E-state index in [0.717, 1.165) is 5.92 Å². The fraction of sp³-hybridized carbons (Fsp3) is 0.600. The average molecular weight is 216 g/mol. The first-order chi connectivity index (χ1) is 7.58. The molecule has 0 saturated heterocycles. The number of allylic oxidation sites excluding steroid dienone is 2. The molecule has 1 nitrogen and oxygen atoms in total. The van der Waals surface area contributed by atoms with E-state index in [0.29, 0.717) is 5.41 Å². The monoisotopic (exact) mass is 216 g/mol. The lowest BCUT2D eigenvalue weighted by Gasteiger charge is -2.53. The fourth-order valence-corrected chi connectivity index (χ4v) is 3.69. The van der Waals surface area contributed by atoms with E-state index in [1.54, 1.807) is 0 Å². The molecule has 1 aromatic heterocycles. The van der Waals surface area contributed by atoms with Crippen molar-refractivity contribution in [3.8, 4) is 0 Å². The lowest BCUT2D eigenvalue weighted by atomic mass is 9.51. The van der Waals surface area contributed by atoms with E-state index in [9.17, 15) is 0 Å². The molecule has 0 aromatic carbocycles. The van der Waals surface area contributed by atoms with E-state index in [-0.39, 0.29) is 5.41 Å². The lowest BCUT2D eigenvalue weighted by Crippen LogP contribution is -2.49. The minimum Gasteiger partial charge on any atom is -0.468 e. The van der Waals surface area contributed by atoms with E-state index in [1.807, 2.05) is 6.26 Å². The summed E-state index contributed by atoms with van der Waals surface area (Å²) in [5, 5.41) is 0. The summed E-state index contributed by atoms with van der Waals surface area (Å²) in [6, 6.07) is 2.15. The van der Waals surface area contributed by atoms with Crippen molar-refractivity contribution in [1.29, 1.82) is 0 Å². The summed E-state index contributed by atoms with van der Waals surface area (Å²) < 4.78 is 5.79. The first kappa shape index (κ1) is 10.2. The van der Waals surface area contributed by atoms with Crippen LogP contribution in [0.25, 0.3) is 0 Å². The van der Waals surface area contributed by atoms with E-state index >= 15 is 0 Å². The number of rotatable bonds is 0. The van der Waals surface area contributed by atoms with Crippen LogP contribution in [0.2, 0.25) is 0 Å². The van der Waals surface area contributed by atoms with Crippen molar-refractivity contribution in [2.45, 2.75) is 45.4 Å². The Morgan fingerprint density at radius 3 is 3.00 bits per heavy atom. The minimum absolute atomic E-state index is 0.0990. The van der Waals surface area contributed by atoms with Gasteiger partial charge in [0, 0.05) is 5.41 Å². The summed E-state index contributed by atoms with van der Waals surface area (Å²) in [6.07, 6.45) is 10.2. The van der Waals surface area contributed by atoms with Crippen LogP contribution < -0.4 is 0 Å². The first-order valence-electron chi connectivity index (χ1n) is 6.32. The number of furan rings is 1. The van der Waals surface area contributed by atoms with E-state index in [4.69, 9.17) is 4.42 Å². The molecule has 0 fully saturated rings. The van der Waals surface area contributed by atoms with Gasteiger partial charge in [-0.25, -0.2) is 0 Å². The largest absolute Gasteiger partial charge is 0.468 e. The second kappa shape index (κ2) is 3.03. The zero-order valence-electron chi connectivity index (χ0n) is 10.4. The Bertz CT molecular complexity index is 442. The standard InChI is InChI=1S/C15H20O/c1-11-5-4-8-15(3)13-12(7-10-16-13)6-9-14(11,15)2/h4,7-8,10-11H,5-6,9H2,1-3H3. The van der Waals surface area contributed by atoms with Crippen LogP contribution in [0.15, 0.2) is 28.9 Å². The van der Waals surface area contributed by atoms with Gasteiger partial charge in [0.15, 0.2) is 0 Å². The molecule has 3 atom stereocenters. The molecule has 1 aromatic rings. The van der Waals surface area contributed by atoms with Gasteiger partial charge in [0.25, 0.3) is 0 Å². The Morgan fingerprint density at radius 1 is 1.38 bits per heavy atom. The molecule has 0 spiro atoms. The van der Waals surface area contributed by atoms with Crippen LogP contribution >= 0.6 is 0 Å². The van der Waals surface area contributed by atoms with Crippen molar-refractivity contribution in [1.82, 2.24) is 0 Å². The molecule has 1 heteroatoms. The minimum atomic E-state index is 0.0990. The average Bonchev–Trinajstić information content (AvgIpc) is 2.71. The predicted octanol–water partition coefficient (Wildman–Crippen LogP) is 4.09. The molecule has 16 heavy (non-hydrogen) atoms. The van der Waals surface area contributed by atoms with Crippen molar-refractivity contribution in [2.75, 3.05) is 0 Å². The van der Waals surface area contributed by atoms with Crippen LogP contribution in [0.3, 0.4) is 0 Å². The number of hydrogen-bond donors (Lipinski definition) is 0. The van der Waals surface area contributed by atoms with Gasteiger partial charge in [-0.3, -0.25) is 0 Å². The molecule has 0 aliphatic heterocycles. The van der Waals surface area contributed by atoms with Gasteiger partial charge in [-0.05, 0) is 49.1 Å². The van der Waals surface area contributed by atoms with E-state index in [2.05, 4.69) is 39.0 Å². The maximum Gasteiger partial charge on any atom is 0.117 e. The summed E-state index contributed by atoms with van der Waals surface area (Å²) in [6.45, 7) is 7.17. The highest BCUT2D eigenvalue weighted by Crippen LogP contribution is 2.57. The van der Waals surface area contributed by atoms with Crippen LogP contribution in [0.5, 0.6) is 0 Å². The first-order valence-corrected chi connectivity index (χ1v) is 6.32. The van der Waals surface area contributed by atoms with Crippen molar-refractivity contribution in [3.05, 3.63) is 35.8 Å². The normalized spacial score (nSPS) is 41.6. The zero-order valence-corrected chi connectivity index (χ0v) is 10.4. The van der Waals surface area contributed by atoms with Gasteiger partial charge in [-0.2, -0.15) is 0 Å². The second-order valence-corrected chi connectivity index (χ2v) is 5.93. The molecule has 0 radical (unpaired) electrons. The third kappa shape index (κ3) is 1.02. The Hall–Kier alpha value is -0.980.